The molecule has 0 spiro atoms. The fourth-order valence-electron chi connectivity index (χ4n) is 2.44. The molecule has 0 fully saturated rings. The summed E-state index contributed by atoms with van der Waals surface area (Å²) >= 11 is 0. The molecule has 1 aromatic carbocycles. The largest absolute Gasteiger partial charge is 0.363 e. The maximum atomic E-state index is 11.8. The van der Waals surface area contributed by atoms with Gasteiger partial charge < -0.3 is 4.90 Å². The average molecular weight is 252 g/mol. The van der Waals surface area contributed by atoms with Gasteiger partial charge in [-0.3, -0.25) is 4.79 Å². The zero-order chi connectivity index (χ0) is 13.4. The second kappa shape index (κ2) is 4.50. The van der Waals surface area contributed by atoms with Crippen molar-refractivity contribution in [3.8, 4) is 11.1 Å². The first-order chi connectivity index (χ1) is 9.15. The summed E-state index contributed by atoms with van der Waals surface area (Å²) in [7, 11) is 3.94. The molecule has 1 aromatic heterocycles. The lowest BCUT2D eigenvalue weighted by Gasteiger charge is -2.11. The molecule has 0 aliphatic heterocycles. The number of aromatic nitrogens is 1. The standard InChI is InChI=1S/C16H16N2O/c1-18(2)16-8-6-13(10-17-16)12-4-3-11-5-7-15(19)14(11)9-12/h3-4,6,8-10H,5,7H2,1-2H3. The summed E-state index contributed by atoms with van der Waals surface area (Å²) < 4.78 is 0. The molecule has 2 aromatic rings. The molecule has 1 aliphatic rings. The minimum absolute atomic E-state index is 0.259. The molecule has 3 rings (SSSR count). The highest BCUT2D eigenvalue weighted by molar-refractivity contribution is 6.01. The maximum absolute atomic E-state index is 11.8. The van der Waals surface area contributed by atoms with Gasteiger partial charge in [-0.2, -0.15) is 0 Å². The van der Waals surface area contributed by atoms with Crippen LogP contribution in [0, 0.1) is 0 Å². The van der Waals surface area contributed by atoms with Gasteiger partial charge in [-0.1, -0.05) is 12.1 Å². The smallest absolute Gasteiger partial charge is 0.163 e. The van der Waals surface area contributed by atoms with Crippen molar-refractivity contribution in [3.63, 3.8) is 0 Å². The number of nitrogens with zero attached hydrogens (tertiary/aromatic N) is 2. The quantitative estimate of drug-likeness (QED) is 0.824. The van der Waals surface area contributed by atoms with E-state index in [1.54, 1.807) is 0 Å². The lowest BCUT2D eigenvalue weighted by atomic mass is 10.0. The van der Waals surface area contributed by atoms with Gasteiger partial charge in [-0.05, 0) is 35.7 Å². The van der Waals surface area contributed by atoms with Gasteiger partial charge in [-0.25, -0.2) is 4.98 Å². The first-order valence-corrected chi connectivity index (χ1v) is 6.45. The van der Waals surface area contributed by atoms with E-state index in [-0.39, 0.29) is 5.78 Å². The van der Waals surface area contributed by atoms with Crippen molar-refractivity contribution in [2.75, 3.05) is 19.0 Å². The molecule has 3 heteroatoms. The van der Waals surface area contributed by atoms with Crippen LogP contribution >= 0.6 is 0 Å². The molecule has 1 heterocycles. The van der Waals surface area contributed by atoms with Crippen LogP contribution in [0.4, 0.5) is 5.82 Å². The lowest BCUT2D eigenvalue weighted by molar-refractivity contribution is 0.0994. The van der Waals surface area contributed by atoms with E-state index in [4.69, 9.17) is 0 Å². The highest BCUT2D eigenvalue weighted by Gasteiger charge is 2.19. The summed E-state index contributed by atoms with van der Waals surface area (Å²) in [6, 6.07) is 10.2. The van der Waals surface area contributed by atoms with Crippen molar-refractivity contribution < 1.29 is 4.79 Å². The highest BCUT2D eigenvalue weighted by Crippen LogP contribution is 2.28. The zero-order valence-electron chi connectivity index (χ0n) is 11.2. The number of ketones is 1. The number of pyridine rings is 1. The number of carbonyl (C=O) groups excluding carboxylic acids is 1. The number of rotatable bonds is 2. The number of Topliss-reactive ketones (excluding diaryl/α,β-unsaturated/α-hetero) is 1. The molecule has 0 saturated heterocycles. The number of benzene rings is 1. The molecule has 0 radical (unpaired) electrons. The number of anilines is 1. The van der Waals surface area contributed by atoms with Crippen LogP contribution in [-0.4, -0.2) is 24.9 Å². The van der Waals surface area contributed by atoms with E-state index in [1.165, 1.54) is 5.56 Å². The molecular formula is C16H16N2O. The maximum Gasteiger partial charge on any atom is 0.163 e. The number of fused-ring (bicyclic) bond motifs is 1. The van der Waals surface area contributed by atoms with Crippen LogP contribution in [0.15, 0.2) is 36.5 Å². The second-order valence-corrected chi connectivity index (χ2v) is 5.09. The Kier molecular flexibility index (Phi) is 2.82. The minimum atomic E-state index is 0.259. The Morgan fingerprint density at radius 1 is 1.05 bits per heavy atom. The van der Waals surface area contributed by atoms with Crippen LogP contribution in [-0.2, 0) is 6.42 Å². The average Bonchev–Trinajstić information content (AvgIpc) is 2.80. The van der Waals surface area contributed by atoms with Crippen LogP contribution < -0.4 is 4.90 Å². The van der Waals surface area contributed by atoms with E-state index in [9.17, 15) is 4.79 Å². The minimum Gasteiger partial charge on any atom is -0.363 e. The third kappa shape index (κ3) is 2.12. The summed E-state index contributed by atoms with van der Waals surface area (Å²) in [6.07, 6.45) is 3.39. The van der Waals surface area contributed by atoms with Gasteiger partial charge >= 0.3 is 0 Å². The predicted octanol–water partition coefficient (Wildman–Crippen LogP) is 2.94. The first kappa shape index (κ1) is 11.9. The molecule has 19 heavy (non-hydrogen) atoms. The summed E-state index contributed by atoms with van der Waals surface area (Å²) in [5.41, 5.74) is 4.17. The normalized spacial score (nSPS) is 13.5. The molecule has 96 valence electrons. The fourth-order valence-corrected chi connectivity index (χ4v) is 2.44. The van der Waals surface area contributed by atoms with Crippen molar-refractivity contribution >= 4 is 11.6 Å². The van der Waals surface area contributed by atoms with Crippen molar-refractivity contribution in [3.05, 3.63) is 47.7 Å². The highest BCUT2D eigenvalue weighted by atomic mass is 16.1. The molecular weight excluding hydrogens is 236 g/mol. The molecule has 0 atom stereocenters. The van der Waals surface area contributed by atoms with Crippen molar-refractivity contribution in [2.24, 2.45) is 0 Å². The van der Waals surface area contributed by atoms with E-state index in [1.807, 2.05) is 43.4 Å². The van der Waals surface area contributed by atoms with E-state index in [2.05, 4.69) is 17.1 Å². The molecule has 0 unspecified atom stereocenters. The van der Waals surface area contributed by atoms with Crippen LogP contribution in [0.3, 0.4) is 0 Å². The van der Waals surface area contributed by atoms with E-state index < -0.39 is 0 Å². The summed E-state index contributed by atoms with van der Waals surface area (Å²) in [4.78, 5) is 18.1. The third-order valence-electron chi connectivity index (χ3n) is 3.57. The van der Waals surface area contributed by atoms with E-state index in [0.29, 0.717) is 6.42 Å². The van der Waals surface area contributed by atoms with Crippen LogP contribution in [0.1, 0.15) is 22.3 Å². The topological polar surface area (TPSA) is 33.2 Å². The number of hydrogen-bond donors (Lipinski definition) is 0. The second-order valence-electron chi connectivity index (χ2n) is 5.09. The van der Waals surface area contributed by atoms with Gasteiger partial charge in [0.15, 0.2) is 5.78 Å². The van der Waals surface area contributed by atoms with E-state index in [0.717, 1.165) is 28.9 Å². The van der Waals surface area contributed by atoms with Gasteiger partial charge in [0.25, 0.3) is 0 Å². The van der Waals surface area contributed by atoms with Crippen molar-refractivity contribution in [1.82, 2.24) is 4.98 Å². The first-order valence-electron chi connectivity index (χ1n) is 6.45. The van der Waals surface area contributed by atoms with Gasteiger partial charge in [0.05, 0.1) is 0 Å². The summed E-state index contributed by atoms with van der Waals surface area (Å²) in [5, 5.41) is 0. The van der Waals surface area contributed by atoms with Gasteiger partial charge in [0.1, 0.15) is 5.82 Å². The number of aryl methyl sites for hydroxylation is 1. The molecule has 3 nitrogen and oxygen atoms in total. The Balaban J connectivity index is 1.98. The Morgan fingerprint density at radius 2 is 1.84 bits per heavy atom. The Bertz CT molecular complexity index is 630. The molecule has 0 saturated carbocycles. The van der Waals surface area contributed by atoms with Crippen LogP contribution in [0.5, 0.6) is 0 Å². The molecule has 1 aliphatic carbocycles. The fraction of sp³-hybridized carbons (Fsp3) is 0.250. The Hall–Kier alpha value is -2.16. The summed E-state index contributed by atoms with van der Waals surface area (Å²) in [6.45, 7) is 0. The predicted molar refractivity (Wildman–Crippen MR) is 76.7 cm³/mol. The van der Waals surface area contributed by atoms with Crippen molar-refractivity contribution in [2.45, 2.75) is 12.8 Å². The van der Waals surface area contributed by atoms with Crippen LogP contribution in [0.25, 0.3) is 11.1 Å². The summed E-state index contributed by atoms with van der Waals surface area (Å²) in [5.74, 6) is 1.19. The number of hydrogen-bond acceptors (Lipinski definition) is 3. The molecule has 0 bridgehead atoms. The van der Waals surface area contributed by atoms with Gasteiger partial charge in [0.2, 0.25) is 0 Å². The van der Waals surface area contributed by atoms with Crippen LogP contribution in [0.2, 0.25) is 0 Å². The van der Waals surface area contributed by atoms with Crippen molar-refractivity contribution in [1.29, 1.82) is 0 Å². The van der Waals surface area contributed by atoms with E-state index >= 15 is 0 Å². The molecule has 0 N–H and O–H groups in total. The van der Waals surface area contributed by atoms with Gasteiger partial charge in [-0.15, -0.1) is 0 Å². The zero-order valence-corrected chi connectivity index (χ0v) is 11.2. The Labute approximate surface area is 112 Å². The Morgan fingerprint density at radius 3 is 2.53 bits per heavy atom. The lowest BCUT2D eigenvalue weighted by Crippen LogP contribution is -2.09. The third-order valence-corrected chi connectivity index (χ3v) is 3.57. The number of carbonyl (C=O) groups is 1. The molecule has 0 amide bonds. The monoisotopic (exact) mass is 252 g/mol. The SMILES string of the molecule is CN(C)c1ccc(-c2ccc3c(c2)C(=O)CC3)cn1. The van der Waals surface area contributed by atoms with Gasteiger partial charge in [0, 0.05) is 37.8 Å².